The lowest BCUT2D eigenvalue weighted by Crippen LogP contribution is -2.13. The number of fused-ring (bicyclic) bond motifs is 1. The number of carbonyl (C=O) groups excluding carboxylic acids is 1. The van der Waals surface area contributed by atoms with E-state index in [0.717, 1.165) is 16.5 Å². The summed E-state index contributed by atoms with van der Waals surface area (Å²) in [6, 6.07) is 11.7. The first-order valence-corrected chi connectivity index (χ1v) is 6.62. The molecule has 21 heavy (non-hydrogen) atoms. The Kier molecular flexibility index (Phi) is 3.22. The summed E-state index contributed by atoms with van der Waals surface area (Å²) in [5.74, 6) is -0.519. The standard InChI is InChI=1S/C17H14FNO2/c1-10-7-8-12(18)9-14(10)19-17(20)16-11(2)13-5-3-4-6-15(13)21-16/h3-9H,1-2H3,(H,19,20). The zero-order valence-corrected chi connectivity index (χ0v) is 11.7. The minimum atomic E-state index is -0.391. The number of anilines is 1. The molecule has 0 bridgehead atoms. The summed E-state index contributed by atoms with van der Waals surface area (Å²) in [4.78, 5) is 12.3. The molecule has 0 saturated carbocycles. The van der Waals surface area contributed by atoms with Gasteiger partial charge in [-0.2, -0.15) is 0 Å². The molecule has 0 aliphatic carbocycles. The van der Waals surface area contributed by atoms with E-state index in [-0.39, 0.29) is 11.7 Å². The Balaban J connectivity index is 1.97. The van der Waals surface area contributed by atoms with E-state index in [9.17, 15) is 9.18 Å². The smallest absolute Gasteiger partial charge is 0.291 e. The summed E-state index contributed by atoms with van der Waals surface area (Å²) in [5, 5.41) is 3.60. The first-order valence-electron chi connectivity index (χ1n) is 6.62. The molecule has 2 aromatic carbocycles. The first-order chi connectivity index (χ1) is 10.1. The van der Waals surface area contributed by atoms with Crippen LogP contribution in [0.2, 0.25) is 0 Å². The monoisotopic (exact) mass is 283 g/mol. The van der Waals surface area contributed by atoms with Crippen LogP contribution in [0.15, 0.2) is 46.9 Å². The molecule has 1 aromatic heterocycles. The predicted molar refractivity (Wildman–Crippen MR) is 80.0 cm³/mol. The SMILES string of the molecule is Cc1ccc(F)cc1NC(=O)c1oc2ccccc2c1C. The van der Waals surface area contributed by atoms with E-state index in [1.54, 1.807) is 13.0 Å². The van der Waals surface area contributed by atoms with Crippen LogP contribution in [-0.2, 0) is 0 Å². The molecule has 3 rings (SSSR count). The van der Waals surface area contributed by atoms with Crippen molar-refractivity contribution in [2.75, 3.05) is 5.32 Å². The Morgan fingerprint density at radius 3 is 2.67 bits per heavy atom. The summed E-state index contributed by atoms with van der Waals surface area (Å²) in [7, 11) is 0. The lowest BCUT2D eigenvalue weighted by molar-refractivity contribution is 0.0998. The fourth-order valence-corrected chi connectivity index (χ4v) is 2.30. The van der Waals surface area contributed by atoms with Crippen LogP contribution in [0.25, 0.3) is 11.0 Å². The van der Waals surface area contributed by atoms with Crippen molar-refractivity contribution >= 4 is 22.6 Å². The first kappa shape index (κ1) is 13.4. The fourth-order valence-electron chi connectivity index (χ4n) is 2.30. The van der Waals surface area contributed by atoms with Crippen LogP contribution in [0.4, 0.5) is 10.1 Å². The average Bonchev–Trinajstić information content (AvgIpc) is 2.81. The molecule has 106 valence electrons. The van der Waals surface area contributed by atoms with Gasteiger partial charge in [0.1, 0.15) is 11.4 Å². The molecule has 0 aliphatic rings. The Morgan fingerprint density at radius 2 is 1.90 bits per heavy atom. The van der Waals surface area contributed by atoms with Gasteiger partial charge in [0, 0.05) is 16.6 Å². The van der Waals surface area contributed by atoms with Crippen LogP contribution in [-0.4, -0.2) is 5.91 Å². The maximum absolute atomic E-state index is 13.3. The molecule has 0 spiro atoms. The topological polar surface area (TPSA) is 42.2 Å². The third-order valence-electron chi connectivity index (χ3n) is 3.50. The van der Waals surface area contributed by atoms with Crippen molar-refractivity contribution in [3.8, 4) is 0 Å². The van der Waals surface area contributed by atoms with E-state index < -0.39 is 5.82 Å². The number of carbonyl (C=O) groups is 1. The normalized spacial score (nSPS) is 10.8. The number of furan rings is 1. The van der Waals surface area contributed by atoms with Crippen LogP contribution in [0.1, 0.15) is 21.7 Å². The van der Waals surface area contributed by atoms with Gasteiger partial charge in [0.2, 0.25) is 0 Å². The highest BCUT2D eigenvalue weighted by molar-refractivity contribution is 6.06. The van der Waals surface area contributed by atoms with Gasteiger partial charge in [0.15, 0.2) is 5.76 Å². The number of hydrogen-bond acceptors (Lipinski definition) is 2. The van der Waals surface area contributed by atoms with Crippen LogP contribution in [0.3, 0.4) is 0 Å². The maximum atomic E-state index is 13.3. The summed E-state index contributed by atoms with van der Waals surface area (Å²) in [6.45, 7) is 3.64. The largest absolute Gasteiger partial charge is 0.451 e. The van der Waals surface area contributed by atoms with E-state index in [0.29, 0.717) is 11.3 Å². The van der Waals surface area contributed by atoms with E-state index in [1.807, 2.05) is 31.2 Å². The number of amides is 1. The molecular formula is C17H14FNO2. The van der Waals surface area contributed by atoms with Gasteiger partial charge in [-0.05, 0) is 37.6 Å². The predicted octanol–water partition coefficient (Wildman–Crippen LogP) is 4.44. The van der Waals surface area contributed by atoms with E-state index in [1.165, 1.54) is 12.1 Å². The zero-order valence-electron chi connectivity index (χ0n) is 11.7. The number of para-hydroxylation sites is 1. The lowest BCUT2D eigenvalue weighted by atomic mass is 10.1. The zero-order chi connectivity index (χ0) is 15.0. The minimum Gasteiger partial charge on any atom is -0.451 e. The van der Waals surface area contributed by atoms with Crippen molar-refractivity contribution in [2.45, 2.75) is 13.8 Å². The number of halogens is 1. The highest BCUT2D eigenvalue weighted by atomic mass is 19.1. The molecule has 3 nitrogen and oxygen atoms in total. The second-order valence-corrected chi connectivity index (χ2v) is 4.97. The Morgan fingerprint density at radius 1 is 1.14 bits per heavy atom. The van der Waals surface area contributed by atoms with Crippen molar-refractivity contribution in [1.82, 2.24) is 0 Å². The number of nitrogens with one attached hydrogen (secondary N) is 1. The van der Waals surface area contributed by atoms with Crippen molar-refractivity contribution in [1.29, 1.82) is 0 Å². The average molecular weight is 283 g/mol. The van der Waals surface area contributed by atoms with Gasteiger partial charge >= 0.3 is 0 Å². The molecule has 4 heteroatoms. The molecule has 0 aliphatic heterocycles. The molecule has 0 saturated heterocycles. The highest BCUT2D eigenvalue weighted by Gasteiger charge is 2.18. The third kappa shape index (κ3) is 2.40. The molecule has 0 unspecified atom stereocenters. The summed E-state index contributed by atoms with van der Waals surface area (Å²) in [5.41, 5.74) is 2.67. The summed E-state index contributed by atoms with van der Waals surface area (Å²) < 4.78 is 18.9. The second kappa shape index (κ2) is 5.05. The van der Waals surface area contributed by atoms with Gasteiger partial charge in [-0.3, -0.25) is 4.79 Å². The molecule has 0 fully saturated rings. The molecule has 0 atom stereocenters. The third-order valence-corrected chi connectivity index (χ3v) is 3.50. The van der Waals surface area contributed by atoms with Crippen molar-refractivity contribution in [3.63, 3.8) is 0 Å². The van der Waals surface area contributed by atoms with Crippen LogP contribution in [0, 0.1) is 19.7 Å². The van der Waals surface area contributed by atoms with Crippen molar-refractivity contribution in [3.05, 3.63) is 65.2 Å². The number of rotatable bonds is 2. The van der Waals surface area contributed by atoms with Crippen molar-refractivity contribution < 1.29 is 13.6 Å². The maximum Gasteiger partial charge on any atom is 0.291 e. The Bertz CT molecular complexity index is 836. The van der Waals surface area contributed by atoms with E-state index in [4.69, 9.17) is 4.42 Å². The molecule has 3 aromatic rings. The molecular weight excluding hydrogens is 269 g/mol. The Labute approximate surface area is 121 Å². The van der Waals surface area contributed by atoms with Crippen LogP contribution >= 0.6 is 0 Å². The molecule has 1 heterocycles. The molecule has 1 N–H and O–H groups in total. The van der Waals surface area contributed by atoms with Gasteiger partial charge in [0.25, 0.3) is 5.91 Å². The Hall–Kier alpha value is -2.62. The van der Waals surface area contributed by atoms with Crippen LogP contribution < -0.4 is 5.32 Å². The van der Waals surface area contributed by atoms with Crippen LogP contribution in [0.5, 0.6) is 0 Å². The van der Waals surface area contributed by atoms with E-state index in [2.05, 4.69) is 5.32 Å². The van der Waals surface area contributed by atoms with Gasteiger partial charge in [-0.15, -0.1) is 0 Å². The molecule has 1 amide bonds. The quantitative estimate of drug-likeness (QED) is 0.755. The summed E-state index contributed by atoms with van der Waals surface area (Å²) >= 11 is 0. The summed E-state index contributed by atoms with van der Waals surface area (Å²) in [6.07, 6.45) is 0. The van der Waals surface area contributed by atoms with Gasteiger partial charge < -0.3 is 9.73 Å². The van der Waals surface area contributed by atoms with E-state index >= 15 is 0 Å². The minimum absolute atomic E-state index is 0.250. The van der Waals surface area contributed by atoms with Crippen molar-refractivity contribution in [2.24, 2.45) is 0 Å². The van der Waals surface area contributed by atoms with Gasteiger partial charge in [-0.1, -0.05) is 24.3 Å². The molecule has 0 radical (unpaired) electrons. The number of benzene rings is 2. The second-order valence-electron chi connectivity index (χ2n) is 4.97. The number of hydrogen-bond donors (Lipinski definition) is 1. The van der Waals surface area contributed by atoms with Gasteiger partial charge in [0.05, 0.1) is 0 Å². The van der Waals surface area contributed by atoms with Gasteiger partial charge in [-0.25, -0.2) is 4.39 Å². The highest BCUT2D eigenvalue weighted by Crippen LogP contribution is 2.26. The number of aryl methyl sites for hydroxylation is 2. The fraction of sp³-hybridized carbons (Fsp3) is 0.118. The lowest BCUT2D eigenvalue weighted by Gasteiger charge is -2.07.